The molecule has 2 aromatic carbocycles. The maximum absolute atomic E-state index is 13.0. The average molecular weight is 455 g/mol. The van der Waals surface area contributed by atoms with Crippen LogP contribution >= 0.6 is 0 Å². The number of benzene rings is 2. The van der Waals surface area contributed by atoms with Crippen molar-refractivity contribution in [3.63, 3.8) is 0 Å². The van der Waals surface area contributed by atoms with E-state index in [0.717, 1.165) is 12.8 Å². The first kappa shape index (κ1) is 21.7. The van der Waals surface area contributed by atoms with Crippen LogP contribution in [0, 0.1) is 6.92 Å². The third kappa shape index (κ3) is 4.40. The predicted molar refractivity (Wildman–Crippen MR) is 116 cm³/mol. The number of hydrogen-bond donors (Lipinski definition) is 1. The Labute approximate surface area is 185 Å². The van der Waals surface area contributed by atoms with Crippen molar-refractivity contribution in [1.29, 1.82) is 0 Å². The maximum Gasteiger partial charge on any atom is 0.261 e. The molecule has 0 radical (unpaired) electrons. The van der Waals surface area contributed by atoms with Crippen molar-refractivity contribution in [2.24, 2.45) is 0 Å². The number of sulfonamides is 1. The van der Waals surface area contributed by atoms with Crippen molar-refractivity contribution in [2.75, 3.05) is 11.3 Å². The number of aryl methyl sites for hydroxylation is 1. The van der Waals surface area contributed by atoms with Crippen molar-refractivity contribution < 1.29 is 22.5 Å². The fourth-order valence-electron chi connectivity index (χ4n) is 3.64. The molecule has 2 heterocycles. The van der Waals surface area contributed by atoms with Gasteiger partial charge in [0.25, 0.3) is 15.9 Å². The van der Waals surface area contributed by atoms with Gasteiger partial charge in [-0.15, -0.1) is 0 Å². The minimum Gasteiger partial charge on any atom is -0.337 e. The number of rotatable bonds is 6. The molecule has 3 aromatic rings. The minimum absolute atomic E-state index is 0.0393. The van der Waals surface area contributed by atoms with Crippen LogP contribution in [0.25, 0.3) is 0 Å². The first-order valence-electron chi connectivity index (χ1n) is 10.1. The summed E-state index contributed by atoms with van der Waals surface area (Å²) in [6.07, 6.45) is 1.58. The van der Waals surface area contributed by atoms with Gasteiger partial charge in [0, 0.05) is 23.4 Å². The molecule has 1 N–H and O–H groups in total. The standard InChI is InChI=1S/C22H22N4O5S/c1-14(27)16-7-11-19(12-8-16)32(29,30)25-18-9-5-17(6-10-18)22(28)26-13-3-4-20(26)21-23-15(2)24-31-21/h5-12,20,25H,3-4,13H2,1-2H3. The van der Waals surface area contributed by atoms with Gasteiger partial charge in [0.15, 0.2) is 11.6 Å². The van der Waals surface area contributed by atoms with E-state index >= 15 is 0 Å². The summed E-state index contributed by atoms with van der Waals surface area (Å²) in [5.41, 5.74) is 1.19. The van der Waals surface area contributed by atoms with Gasteiger partial charge in [-0.3, -0.25) is 14.3 Å². The number of nitrogens with zero attached hydrogens (tertiary/aromatic N) is 3. The number of hydrogen-bond acceptors (Lipinski definition) is 7. The molecule has 9 nitrogen and oxygen atoms in total. The molecule has 1 unspecified atom stereocenters. The summed E-state index contributed by atoms with van der Waals surface area (Å²) in [5.74, 6) is 0.620. The van der Waals surface area contributed by atoms with Gasteiger partial charge in [-0.25, -0.2) is 8.42 Å². The van der Waals surface area contributed by atoms with Crippen molar-refractivity contribution in [3.8, 4) is 0 Å². The summed E-state index contributed by atoms with van der Waals surface area (Å²) in [7, 11) is -3.83. The van der Waals surface area contributed by atoms with E-state index in [9.17, 15) is 18.0 Å². The van der Waals surface area contributed by atoms with Crippen molar-refractivity contribution in [1.82, 2.24) is 15.0 Å². The molecule has 166 valence electrons. The molecule has 4 rings (SSSR count). The number of aromatic nitrogens is 2. The topological polar surface area (TPSA) is 122 Å². The van der Waals surface area contributed by atoms with Crippen LogP contribution in [0.3, 0.4) is 0 Å². The Hall–Kier alpha value is -3.53. The summed E-state index contributed by atoms with van der Waals surface area (Å²) >= 11 is 0. The van der Waals surface area contributed by atoms with Crippen LogP contribution in [0.4, 0.5) is 5.69 Å². The van der Waals surface area contributed by atoms with E-state index in [4.69, 9.17) is 4.52 Å². The largest absolute Gasteiger partial charge is 0.337 e. The molecule has 1 aromatic heterocycles. The zero-order valence-corrected chi connectivity index (χ0v) is 18.4. The highest BCUT2D eigenvalue weighted by Gasteiger charge is 2.34. The van der Waals surface area contributed by atoms with Crippen molar-refractivity contribution in [3.05, 3.63) is 71.4 Å². The fourth-order valence-corrected chi connectivity index (χ4v) is 4.70. The third-order valence-corrected chi connectivity index (χ3v) is 6.69. The molecular weight excluding hydrogens is 432 g/mol. The Morgan fingerprint density at radius 1 is 1.06 bits per heavy atom. The number of anilines is 1. The summed E-state index contributed by atoms with van der Waals surface area (Å²) in [6, 6.07) is 11.7. The Morgan fingerprint density at radius 3 is 2.31 bits per heavy atom. The van der Waals surface area contributed by atoms with Gasteiger partial charge in [-0.2, -0.15) is 4.98 Å². The zero-order chi connectivity index (χ0) is 22.9. The number of carbonyl (C=O) groups is 2. The van der Waals surface area contributed by atoms with Gasteiger partial charge in [-0.1, -0.05) is 17.3 Å². The fraction of sp³-hybridized carbons (Fsp3) is 0.273. The van der Waals surface area contributed by atoms with Crippen LogP contribution in [0.1, 0.15) is 58.2 Å². The van der Waals surface area contributed by atoms with E-state index in [0.29, 0.717) is 35.1 Å². The van der Waals surface area contributed by atoms with Crippen LogP contribution < -0.4 is 4.72 Å². The smallest absolute Gasteiger partial charge is 0.261 e. The number of amides is 1. The molecule has 1 atom stereocenters. The second kappa shape index (κ2) is 8.54. The molecule has 0 bridgehead atoms. The normalized spacial score (nSPS) is 16.2. The summed E-state index contributed by atoms with van der Waals surface area (Å²) in [4.78, 5) is 30.4. The molecule has 0 spiro atoms. The van der Waals surface area contributed by atoms with Crippen LogP contribution in [0.15, 0.2) is 57.9 Å². The molecular formula is C22H22N4O5S. The lowest BCUT2D eigenvalue weighted by atomic mass is 10.1. The molecule has 32 heavy (non-hydrogen) atoms. The number of likely N-dealkylation sites (tertiary alicyclic amines) is 1. The van der Waals surface area contributed by atoms with Crippen LogP contribution in [0.2, 0.25) is 0 Å². The number of ketones is 1. The molecule has 1 fully saturated rings. The monoisotopic (exact) mass is 454 g/mol. The van der Waals surface area contributed by atoms with Gasteiger partial charge in [-0.05, 0) is 63.1 Å². The number of nitrogens with one attached hydrogen (secondary N) is 1. The second-order valence-electron chi connectivity index (χ2n) is 7.60. The van der Waals surface area contributed by atoms with E-state index < -0.39 is 10.0 Å². The Morgan fingerprint density at radius 2 is 1.72 bits per heavy atom. The third-order valence-electron chi connectivity index (χ3n) is 5.30. The first-order valence-corrected chi connectivity index (χ1v) is 11.6. The van der Waals surface area contributed by atoms with E-state index in [-0.39, 0.29) is 22.6 Å². The molecule has 0 saturated carbocycles. The summed E-state index contributed by atoms with van der Waals surface area (Å²) in [5, 5.41) is 3.81. The highest BCUT2D eigenvalue weighted by molar-refractivity contribution is 7.92. The van der Waals surface area contributed by atoms with E-state index in [1.807, 2.05) is 0 Å². The van der Waals surface area contributed by atoms with Crippen LogP contribution in [0.5, 0.6) is 0 Å². The molecule has 1 amide bonds. The maximum atomic E-state index is 13.0. The average Bonchev–Trinajstić information content (AvgIpc) is 3.42. The van der Waals surface area contributed by atoms with Crippen molar-refractivity contribution >= 4 is 27.4 Å². The van der Waals surface area contributed by atoms with E-state index in [2.05, 4.69) is 14.9 Å². The van der Waals surface area contributed by atoms with Gasteiger partial charge < -0.3 is 9.42 Å². The lowest BCUT2D eigenvalue weighted by Crippen LogP contribution is -2.30. The highest BCUT2D eigenvalue weighted by atomic mass is 32.2. The van der Waals surface area contributed by atoms with E-state index in [1.165, 1.54) is 43.3 Å². The summed E-state index contributed by atoms with van der Waals surface area (Å²) in [6.45, 7) is 3.72. The van der Waals surface area contributed by atoms with Crippen LogP contribution in [-0.4, -0.2) is 41.7 Å². The lowest BCUT2D eigenvalue weighted by Gasteiger charge is -2.22. The Kier molecular flexibility index (Phi) is 5.79. The molecule has 1 aliphatic rings. The molecule has 1 saturated heterocycles. The lowest BCUT2D eigenvalue weighted by molar-refractivity contribution is 0.0710. The van der Waals surface area contributed by atoms with Crippen LogP contribution in [-0.2, 0) is 10.0 Å². The minimum atomic E-state index is -3.83. The second-order valence-corrected chi connectivity index (χ2v) is 9.28. The molecule has 10 heteroatoms. The predicted octanol–water partition coefficient (Wildman–Crippen LogP) is 3.36. The SMILES string of the molecule is CC(=O)c1ccc(S(=O)(=O)Nc2ccc(C(=O)N3CCCC3c3nc(C)no3)cc2)cc1. The van der Waals surface area contributed by atoms with Gasteiger partial charge in [0.2, 0.25) is 5.89 Å². The highest BCUT2D eigenvalue weighted by Crippen LogP contribution is 2.32. The quantitative estimate of drug-likeness (QED) is 0.567. The van der Waals surface area contributed by atoms with Crippen molar-refractivity contribution in [2.45, 2.75) is 37.6 Å². The van der Waals surface area contributed by atoms with E-state index in [1.54, 1.807) is 24.0 Å². The van der Waals surface area contributed by atoms with Gasteiger partial charge in [0.1, 0.15) is 6.04 Å². The summed E-state index contributed by atoms with van der Waals surface area (Å²) < 4.78 is 33.0. The molecule has 1 aliphatic heterocycles. The Balaban J connectivity index is 1.47. The first-order chi connectivity index (χ1) is 15.2. The zero-order valence-electron chi connectivity index (χ0n) is 17.6. The molecule has 0 aliphatic carbocycles. The number of carbonyl (C=O) groups excluding carboxylic acids is 2. The van der Waals surface area contributed by atoms with Gasteiger partial charge >= 0.3 is 0 Å². The Bertz CT molecular complexity index is 1250. The van der Waals surface area contributed by atoms with Gasteiger partial charge in [0.05, 0.1) is 4.90 Å². The number of Topliss-reactive ketones (excluding diaryl/α,β-unsaturated/α-hetero) is 1.